The molecule has 0 radical (unpaired) electrons. The average Bonchev–Trinajstić information content (AvgIpc) is 2.28. The zero-order valence-corrected chi connectivity index (χ0v) is 9.80. The fourth-order valence-electron chi connectivity index (χ4n) is 1.34. The first kappa shape index (κ1) is 11.9. The predicted molar refractivity (Wildman–Crippen MR) is 60.0 cm³/mol. The number of rotatable bonds is 2. The molecule has 0 amide bonds. The molecule has 0 spiro atoms. The lowest BCUT2D eigenvalue weighted by atomic mass is 10.3. The highest BCUT2D eigenvalue weighted by atomic mass is 32.2. The van der Waals surface area contributed by atoms with Crippen LogP contribution >= 0.6 is 0 Å². The lowest BCUT2D eigenvalue weighted by molar-refractivity contribution is 0.576. The molecule has 88 valence electrons. The highest BCUT2D eigenvalue weighted by Gasteiger charge is 2.10. The van der Waals surface area contributed by atoms with E-state index in [9.17, 15) is 13.0 Å². The van der Waals surface area contributed by atoms with Gasteiger partial charge < -0.3 is 0 Å². The number of aryl methyl sites for hydroxylation is 1. The molecule has 0 fully saturated rings. The molecule has 0 aliphatic carbocycles. The van der Waals surface area contributed by atoms with Crippen LogP contribution in [0.25, 0.3) is 0 Å². The predicted octanol–water partition coefficient (Wildman–Crippen LogP) is 2.83. The maximum Gasteiger partial charge on any atom is 0.127 e. The van der Waals surface area contributed by atoms with Crippen molar-refractivity contribution in [2.45, 2.75) is 16.7 Å². The Morgan fingerprint density at radius 2 is 1.71 bits per heavy atom. The molecule has 0 saturated carbocycles. The lowest BCUT2D eigenvalue weighted by Gasteiger charge is -2.03. The van der Waals surface area contributed by atoms with Gasteiger partial charge in [0, 0.05) is 22.9 Å². The van der Waals surface area contributed by atoms with Gasteiger partial charge in [-0.15, -0.1) is 0 Å². The first-order valence-corrected chi connectivity index (χ1v) is 6.02. The first-order valence-electron chi connectivity index (χ1n) is 4.87. The molecule has 0 N–H and O–H groups in total. The molecular formula is C12H9F2NOS. The summed E-state index contributed by atoms with van der Waals surface area (Å²) in [5.41, 5.74) is 0.788. The third-order valence-electron chi connectivity index (χ3n) is 2.15. The highest BCUT2D eigenvalue weighted by Crippen LogP contribution is 2.18. The molecule has 0 aliphatic rings. The van der Waals surface area contributed by atoms with Crippen LogP contribution in [0.2, 0.25) is 0 Å². The minimum atomic E-state index is -1.62. The second-order valence-electron chi connectivity index (χ2n) is 3.51. The number of pyridine rings is 1. The molecule has 1 unspecified atom stereocenters. The van der Waals surface area contributed by atoms with E-state index in [0.717, 1.165) is 23.9 Å². The third kappa shape index (κ3) is 2.74. The van der Waals surface area contributed by atoms with Crippen LogP contribution < -0.4 is 0 Å². The normalized spacial score (nSPS) is 12.4. The molecule has 0 aliphatic heterocycles. The minimum Gasteiger partial charge on any atom is -0.260 e. The number of aromatic nitrogens is 1. The summed E-state index contributed by atoms with van der Waals surface area (Å²) < 4.78 is 38.0. The number of halogens is 2. The van der Waals surface area contributed by atoms with Gasteiger partial charge in [-0.05, 0) is 31.2 Å². The summed E-state index contributed by atoms with van der Waals surface area (Å²) >= 11 is 0. The van der Waals surface area contributed by atoms with Gasteiger partial charge in [0.1, 0.15) is 11.6 Å². The Kier molecular flexibility index (Phi) is 3.28. The summed E-state index contributed by atoms with van der Waals surface area (Å²) in [5, 5.41) is 0. The van der Waals surface area contributed by atoms with Gasteiger partial charge in [-0.3, -0.25) is 4.98 Å². The van der Waals surface area contributed by atoms with E-state index < -0.39 is 22.4 Å². The van der Waals surface area contributed by atoms with Crippen molar-refractivity contribution in [2.24, 2.45) is 0 Å². The summed E-state index contributed by atoms with van der Waals surface area (Å²) in [4.78, 5) is 4.50. The van der Waals surface area contributed by atoms with Crippen molar-refractivity contribution in [1.82, 2.24) is 4.98 Å². The summed E-state index contributed by atoms with van der Waals surface area (Å²) in [6, 6.07) is 6.18. The Bertz CT molecular complexity index is 549. The van der Waals surface area contributed by atoms with Crippen molar-refractivity contribution < 1.29 is 13.0 Å². The van der Waals surface area contributed by atoms with Gasteiger partial charge in [0.05, 0.1) is 15.7 Å². The molecule has 17 heavy (non-hydrogen) atoms. The standard InChI is InChI=1S/C12H9F2NOS/c1-8-2-3-11(7-15-8)17(16)12-5-9(13)4-10(14)6-12/h2-7H,1H3. The van der Waals surface area contributed by atoms with Gasteiger partial charge in [-0.1, -0.05) is 0 Å². The third-order valence-corrected chi connectivity index (χ3v) is 3.48. The van der Waals surface area contributed by atoms with E-state index >= 15 is 0 Å². The van der Waals surface area contributed by atoms with E-state index in [2.05, 4.69) is 4.98 Å². The van der Waals surface area contributed by atoms with E-state index in [1.165, 1.54) is 6.20 Å². The molecule has 1 aromatic heterocycles. The minimum absolute atomic E-state index is 0.0909. The Morgan fingerprint density at radius 3 is 2.24 bits per heavy atom. The second-order valence-corrected chi connectivity index (χ2v) is 4.99. The van der Waals surface area contributed by atoms with Crippen molar-refractivity contribution >= 4 is 10.8 Å². The van der Waals surface area contributed by atoms with Crippen LogP contribution in [-0.2, 0) is 10.8 Å². The van der Waals surface area contributed by atoms with Crippen LogP contribution in [0.5, 0.6) is 0 Å². The zero-order valence-electron chi connectivity index (χ0n) is 8.98. The van der Waals surface area contributed by atoms with Gasteiger partial charge >= 0.3 is 0 Å². The number of hydrogen-bond acceptors (Lipinski definition) is 2. The smallest absolute Gasteiger partial charge is 0.127 e. The summed E-state index contributed by atoms with van der Waals surface area (Å²) in [5.74, 6) is -1.48. The van der Waals surface area contributed by atoms with Crippen molar-refractivity contribution in [2.75, 3.05) is 0 Å². The lowest BCUT2D eigenvalue weighted by Crippen LogP contribution is -1.96. The van der Waals surface area contributed by atoms with Crippen molar-refractivity contribution in [3.8, 4) is 0 Å². The molecule has 1 heterocycles. The SMILES string of the molecule is Cc1ccc(S(=O)c2cc(F)cc(F)c2)cn1. The largest absolute Gasteiger partial charge is 0.260 e. The van der Waals surface area contributed by atoms with E-state index in [0.29, 0.717) is 4.90 Å². The molecule has 1 atom stereocenters. The number of nitrogens with zero attached hydrogens (tertiary/aromatic N) is 1. The van der Waals surface area contributed by atoms with Crippen LogP contribution in [-0.4, -0.2) is 9.19 Å². The molecular weight excluding hydrogens is 244 g/mol. The van der Waals surface area contributed by atoms with E-state index in [-0.39, 0.29) is 4.90 Å². The number of hydrogen-bond donors (Lipinski definition) is 0. The van der Waals surface area contributed by atoms with Gasteiger partial charge in [0.2, 0.25) is 0 Å². The first-order chi connectivity index (χ1) is 8.06. The van der Waals surface area contributed by atoms with Crippen LogP contribution in [0, 0.1) is 18.6 Å². The molecule has 2 aromatic rings. The summed E-state index contributed by atoms with van der Waals surface area (Å²) in [6.07, 6.45) is 1.44. The maximum atomic E-state index is 13.0. The Hall–Kier alpha value is -1.62. The van der Waals surface area contributed by atoms with Gasteiger partial charge in [-0.2, -0.15) is 0 Å². The van der Waals surface area contributed by atoms with Crippen LogP contribution in [0.3, 0.4) is 0 Å². The van der Waals surface area contributed by atoms with E-state index in [1.807, 2.05) is 0 Å². The van der Waals surface area contributed by atoms with Crippen molar-refractivity contribution in [1.29, 1.82) is 0 Å². The average molecular weight is 253 g/mol. The molecule has 0 saturated heterocycles. The fraction of sp³-hybridized carbons (Fsp3) is 0.0833. The molecule has 1 aromatic carbocycles. The van der Waals surface area contributed by atoms with E-state index in [4.69, 9.17) is 0 Å². The van der Waals surface area contributed by atoms with Gasteiger partial charge in [-0.25, -0.2) is 13.0 Å². The Balaban J connectivity index is 2.40. The topological polar surface area (TPSA) is 30.0 Å². The van der Waals surface area contributed by atoms with Crippen molar-refractivity contribution in [3.63, 3.8) is 0 Å². The molecule has 5 heteroatoms. The van der Waals surface area contributed by atoms with Crippen LogP contribution in [0.1, 0.15) is 5.69 Å². The Labute approximate surface area is 99.8 Å². The quantitative estimate of drug-likeness (QED) is 0.823. The zero-order chi connectivity index (χ0) is 12.4. The van der Waals surface area contributed by atoms with Crippen LogP contribution in [0.4, 0.5) is 8.78 Å². The Morgan fingerprint density at radius 1 is 1.06 bits per heavy atom. The molecule has 0 bridgehead atoms. The maximum absolute atomic E-state index is 13.0. The van der Waals surface area contributed by atoms with Gasteiger partial charge in [0.15, 0.2) is 0 Å². The van der Waals surface area contributed by atoms with Crippen molar-refractivity contribution in [3.05, 3.63) is 53.9 Å². The molecule has 2 rings (SSSR count). The second kappa shape index (κ2) is 4.71. The fourth-order valence-corrected chi connectivity index (χ4v) is 2.39. The number of benzene rings is 1. The van der Waals surface area contributed by atoms with Crippen LogP contribution in [0.15, 0.2) is 46.3 Å². The summed E-state index contributed by atoms with van der Waals surface area (Å²) in [7, 11) is -1.62. The summed E-state index contributed by atoms with van der Waals surface area (Å²) in [6.45, 7) is 1.80. The highest BCUT2D eigenvalue weighted by molar-refractivity contribution is 7.85. The monoisotopic (exact) mass is 253 g/mol. The van der Waals surface area contributed by atoms with Gasteiger partial charge in [0.25, 0.3) is 0 Å². The molecule has 2 nitrogen and oxygen atoms in total. The van der Waals surface area contributed by atoms with E-state index in [1.54, 1.807) is 19.1 Å².